The fraction of sp³-hybridized carbons (Fsp3) is 0.308. The lowest BCUT2D eigenvalue weighted by atomic mass is 10.2. The number of nitrogens with zero attached hydrogens (tertiary/aromatic N) is 4. The first-order chi connectivity index (χ1) is 9.31. The number of halogens is 1. The number of aromatic nitrogens is 3. The average Bonchev–Trinajstić information content (AvgIpc) is 2.45. The van der Waals surface area contributed by atoms with Crippen LogP contribution in [0.4, 0.5) is 5.82 Å². The molecule has 5 nitrogen and oxygen atoms in total. The quantitative estimate of drug-likeness (QED) is 0.881. The summed E-state index contributed by atoms with van der Waals surface area (Å²) in [5, 5.41) is 0. The van der Waals surface area contributed by atoms with Crippen LogP contribution in [0.5, 0.6) is 0 Å². The molecule has 0 unspecified atom stereocenters. The Morgan fingerprint density at radius 3 is 2.84 bits per heavy atom. The van der Waals surface area contributed by atoms with Crippen molar-refractivity contribution in [3.05, 3.63) is 47.1 Å². The molecule has 0 aliphatic carbocycles. The molecule has 0 aromatic carbocycles. The van der Waals surface area contributed by atoms with Crippen LogP contribution in [0.1, 0.15) is 12.0 Å². The van der Waals surface area contributed by atoms with Gasteiger partial charge in [-0.2, -0.15) is 0 Å². The van der Waals surface area contributed by atoms with Gasteiger partial charge < -0.3 is 10.6 Å². The maximum Gasteiger partial charge on any atom is 0.146 e. The van der Waals surface area contributed by atoms with E-state index in [0.29, 0.717) is 6.54 Å². The van der Waals surface area contributed by atoms with Crippen LogP contribution >= 0.6 is 15.9 Å². The predicted molar refractivity (Wildman–Crippen MR) is 78.7 cm³/mol. The first kappa shape index (κ1) is 13.9. The Labute approximate surface area is 121 Å². The molecular formula is C13H16BrN5. The monoisotopic (exact) mass is 321 g/mol. The summed E-state index contributed by atoms with van der Waals surface area (Å²) in [6.45, 7) is 2.26. The Balaban J connectivity index is 2.19. The molecule has 19 heavy (non-hydrogen) atoms. The van der Waals surface area contributed by atoms with Gasteiger partial charge in [0, 0.05) is 31.7 Å². The Morgan fingerprint density at radius 1 is 1.26 bits per heavy atom. The SMILES string of the molecule is NCCCN(Cc1cccnc1)c1ncncc1Br. The van der Waals surface area contributed by atoms with Gasteiger partial charge in [-0.05, 0) is 40.5 Å². The summed E-state index contributed by atoms with van der Waals surface area (Å²) in [4.78, 5) is 14.6. The van der Waals surface area contributed by atoms with Crippen molar-refractivity contribution in [2.24, 2.45) is 5.73 Å². The van der Waals surface area contributed by atoms with Crippen LogP contribution in [0, 0.1) is 0 Å². The number of anilines is 1. The summed E-state index contributed by atoms with van der Waals surface area (Å²) in [7, 11) is 0. The van der Waals surface area contributed by atoms with Crippen LogP contribution < -0.4 is 10.6 Å². The number of hydrogen-bond donors (Lipinski definition) is 1. The van der Waals surface area contributed by atoms with Gasteiger partial charge in [-0.15, -0.1) is 0 Å². The van der Waals surface area contributed by atoms with Gasteiger partial charge in [0.25, 0.3) is 0 Å². The molecule has 0 atom stereocenters. The third-order valence-electron chi connectivity index (χ3n) is 2.68. The van der Waals surface area contributed by atoms with Crippen molar-refractivity contribution >= 4 is 21.7 Å². The minimum atomic E-state index is 0.659. The van der Waals surface area contributed by atoms with Crippen molar-refractivity contribution in [1.82, 2.24) is 15.0 Å². The van der Waals surface area contributed by atoms with E-state index in [1.807, 2.05) is 12.3 Å². The molecule has 2 rings (SSSR count). The van der Waals surface area contributed by atoms with E-state index in [1.54, 1.807) is 18.7 Å². The molecule has 0 radical (unpaired) electrons. The van der Waals surface area contributed by atoms with E-state index in [2.05, 4.69) is 41.8 Å². The van der Waals surface area contributed by atoms with E-state index in [1.165, 1.54) is 0 Å². The van der Waals surface area contributed by atoms with Gasteiger partial charge in [0.1, 0.15) is 12.1 Å². The zero-order valence-electron chi connectivity index (χ0n) is 10.5. The number of hydrogen-bond acceptors (Lipinski definition) is 5. The number of nitrogens with two attached hydrogens (primary N) is 1. The van der Waals surface area contributed by atoms with Crippen molar-refractivity contribution in [2.75, 3.05) is 18.0 Å². The maximum atomic E-state index is 5.60. The Bertz CT molecular complexity index is 505. The lowest BCUT2D eigenvalue weighted by molar-refractivity contribution is 0.721. The van der Waals surface area contributed by atoms with Crippen LogP contribution in [0.25, 0.3) is 0 Å². The highest BCUT2D eigenvalue weighted by atomic mass is 79.9. The molecule has 0 saturated carbocycles. The van der Waals surface area contributed by atoms with Crippen molar-refractivity contribution in [1.29, 1.82) is 0 Å². The molecular weight excluding hydrogens is 306 g/mol. The van der Waals surface area contributed by atoms with Crippen molar-refractivity contribution in [2.45, 2.75) is 13.0 Å². The van der Waals surface area contributed by atoms with Crippen LogP contribution in [0.2, 0.25) is 0 Å². The Kier molecular flexibility index (Phi) is 5.23. The van der Waals surface area contributed by atoms with E-state index in [-0.39, 0.29) is 0 Å². The zero-order valence-corrected chi connectivity index (χ0v) is 12.1. The van der Waals surface area contributed by atoms with Gasteiger partial charge in [0.15, 0.2) is 0 Å². The van der Waals surface area contributed by atoms with E-state index < -0.39 is 0 Å². The summed E-state index contributed by atoms with van der Waals surface area (Å²) in [6, 6.07) is 3.99. The second-order valence-electron chi connectivity index (χ2n) is 4.12. The molecule has 0 amide bonds. The van der Waals surface area contributed by atoms with Crippen molar-refractivity contribution in [3.8, 4) is 0 Å². The smallest absolute Gasteiger partial charge is 0.146 e. The highest BCUT2D eigenvalue weighted by Gasteiger charge is 2.12. The summed E-state index contributed by atoms with van der Waals surface area (Å²) in [5.41, 5.74) is 6.75. The second kappa shape index (κ2) is 7.16. The van der Waals surface area contributed by atoms with Gasteiger partial charge in [-0.3, -0.25) is 4.98 Å². The van der Waals surface area contributed by atoms with Crippen LogP contribution in [0.3, 0.4) is 0 Å². The number of pyridine rings is 1. The number of rotatable bonds is 6. The molecule has 0 spiro atoms. The lowest BCUT2D eigenvalue weighted by Crippen LogP contribution is -2.27. The van der Waals surface area contributed by atoms with Crippen LogP contribution in [-0.4, -0.2) is 28.0 Å². The summed E-state index contributed by atoms with van der Waals surface area (Å²) in [6.07, 6.45) is 7.86. The molecule has 0 aliphatic heterocycles. The fourth-order valence-electron chi connectivity index (χ4n) is 1.79. The topological polar surface area (TPSA) is 67.9 Å². The van der Waals surface area contributed by atoms with Gasteiger partial charge in [0.2, 0.25) is 0 Å². The second-order valence-corrected chi connectivity index (χ2v) is 4.97. The Hall–Kier alpha value is -1.53. The first-order valence-corrected chi connectivity index (χ1v) is 6.90. The summed E-state index contributed by atoms with van der Waals surface area (Å²) >= 11 is 3.49. The standard InChI is InChI=1S/C13H16BrN5/c14-12-8-17-10-18-13(12)19(6-2-4-15)9-11-3-1-5-16-7-11/h1,3,5,7-8,10H,2,4,6,9,15H2. The minimum Gasteiger partial charge on any atom is -0.351 e. The molecule has 2 heterocycles. The highest BCUT2D eigenvalue weighted by Crippen LogP contribution is 2.23. The lowest BCUT2D eigenvalue weighted by Gasteiger charge is -2.24. The summed E-state index contributed by atoms with van der Waals surface area (Å²) < 4.78 is 0.885. The van der Waals surface area contributed by atoms with E-state index >= 15 is 0 Å². The van der Waals surface area contributed by atoms with E-state index in [4.69, 9.17) is 5.73 Å². The van der Waals surface area contributed by atoms with Crippen molar-refractivity contribution < 1.29 is 0 Å². The summed E-state index contributed by atoms with van der Waals surface area (Å²) in [5.74, 6) is 0.882. The van der Waals surface area contributed by atoms with Gasteiger partial charge >= 0.3 is 0 Å². The largest absolute Gasteiger partial charge is 0.351 e. The zero-order chi connectivity index (χ0) is 13.5. The third kappa shape index (κ3) is 3.97. The fourth-order valence-corrected chi connectivity index (χ4v) is 2.26. The Morgan fingerprint density at radius 2 is 2.16 bits per heavy atom. The molecule has 0 bridgehead atoms. The normalized spacial score (nSPS) is 10.4. The van der Waals surface area contributed by atoms with Crippen molar-refractivity contribution in [3.63, 3.8) is 0 Å². The molecule has 2 N–H and O–H groups in total. The van der Waals surface area contributed by atoms with Crippen LogP contribution in [0.15, 0.2) is 41.5 Å². The molecule has 6 heteroatoms. The van der Waals surface area contributed by atoms with Gasteiger partial charge in [0.05, 0.1) is 4.47 Å². The highest BCUT2D eigenvalue weighted by molar-refractivity contribution is 9.10. The molecule has 0 saturated heterocycles. The average molecular weight is 322 g/mol. The molecule has 0 fully saturated rings. The predicted octanol–water partition coefficient (Wildman–Crippen LogP) is 1.99. The first-order valence-electron chi connectivity index (χ1n) is 6.10. The van der Waals surface area contributed by atoms with E-state index in [9.17, 15) is 0 Å². The third-order valence-corrected chi connectivity index (χ3v) is 3.24. The van der Waals surface area contributed by atoms with E-state index in [0.717, 1.165) is 35.4 Å². The van der Waals surface area contributed by atoms with Gasteiger partial charge in [-0.1, -0.05) is 6.07 Å². The molecule has 100 valence electrons. The maximum absolute atomic E-state index is 5.60. The van der Waals surface area contributed by atoms with Gasteiger partial charge in [-0.25, -0.2) is 9.97 Å². The molecule has 2 aromatic rings. The molecule has 2 aromatic heterocycles. The van der Waals surface area contributed by atoms with Crippen LogP contribution in [-0.2, 0) is 6.54 Å². The minimum absolute atomic E-state index is 0.659. The molecule has 0 aliphatic rings.